The van der Waals surface area contributed by atoms with E-state index < -0.39 is 0 Å². The molecule has 1 fully saturated rings. The van der Waals surface area contributed by atoms with Crippen LogP contribution in [0.5, 0.6) is 0 Å². The molecule has 3 aromatic rings. The Morgan fingerprint density at radius 2 is 2.08 bits per heavy atom. The van der Waals surface area contributed by atoms with Gasteiger partial charge in [0.1, 0.15) is 0 Å². The Morgan fingerprint density at radius 1 is 1.29 bits per heavy atom. The normalized spacial score (nSPS) is 18.5. The van der Waals surface area contributed by atoms with Crippen molar-refractivity contribution in [1.82, 2.24) is 24.5 Å². The smallest absolute Gasteiger partial charge is 0.275 e. The number of nitrogens with one attached hydrogen (secondary N) is 1. The minimum atomic E-state index is -0.00427. The lowest BCUT2D eigenvalue weighted by Crippen LogP contribution is -2.20. The number of fused-ring (bicyclic) bond motifs is 1. The summed E-state index contributed by atoms with van der Waals surface area (Å²) in [5.74, 6) is 0.411. The van der Waals surface area contributed by atoms with Gasteiger partial charge in [0.2, 0.25) is 0 Å². The summed E-state index contributed by atoms with van der Waals surface area (Å²) in [6, 6.07) is 6.14. The first-order valence-electron chi connectivity index (χ1n) is 8.32. The van der Waals surface area contributed by atoms with Crippen molar-refractivity contribution in [2.45, 2.75) is 32.7 Å². The van der Waals surface area contributed by atoms with Crippen LogP contribution in [0.1, 0.15) is 34.9 Å². The maximum Gasteiger partial charge on any atom is 0.275 e. The lowest BCUT2D eigenvalue weighted by atomic mass is 10.1. The largest absolute Gasteiger partial charge is 0.298 e. The fourth-order valence-electron chi connectivity index (χ4n) is 3.42. The highest BCUT2D eigenvalue weighted by atomic mass is 16.1. The van der Waals surface area contributed by atoms with Gasteiger partial charge in [-0.2, -0.15) is 0 Å². The summed E-state index contributed by atoms with van der Waals surface area (Å²) in [6.07, 6.45) is 4.76. The van der Waals surface area contributed by atoms with Crippen LogP contribution in [-0.2, 0) is 6.54 Å². The minimum Gasteiger partial charge on any atom is -0.298 e. The molecule has 0 radical (unpaired) electrons. The van der Waals surface area contributed by atoms with E-state index in [2.05, 4.69) is 32.1 Å². The van der Waals surface area contributed by atoms with E-state index in [-0.39, 0.29) is 5.56 Å². The monoisotopic (exact) mass is 323 g/mol. The molecule has 0 aromatic carbocycles. The van der Waals surface area contributed by atoms with Crippen LogP contribution in [0.2, 0.25) is 0 Å². The van der Waals surface area contributed by atoms with Gasteiger partial charge >= 0.3 is 0 Å². The zero-order valence-electron chi connectivity index (χ0n) is 14.0. The van der Waals surface area contributed by atoms with Crippen molar-refractivity contribution in [3.05, 3.63) is 63.5 Å². The van der Waals surface area contributed by atoms with Gasteiger partial charge in [-0.3, -0.25) is 19.8 Å². The van der Waals surface area contributed by atoms with Crippen LogP contribution in [0.25, 0.3) is 5.65 Å². The highest BCUT2D eigenvalue weighted by Gasteiger charge is 2.25. The molecule has 1 saturated heterocycles. The summed E-state index contributed by atoms with van der Waals surface area (Å²) >= 11 is 0. The van der Waals surface area contributed by atoms with Crippen molar-refractivity contribution in [2.75, 3.05) is 13.1 Å². The van der Waals surface area contributed by atoms with E-state index >= 15 is 0 Å². The predicted molar refractivity (Wildman–Crippen MR) is 92.2 cm³/mol. The zero-order chi connectivity index (χ0) is 16.7. The summed E-state index contributed by atoms with van der Waals surface area (Å²) in [5, 5.41) is 3.26. The Hall–Kier alpha value is -2.47. The summed E-state index contributed by atoms with van der Waals surface area (Å²) in [5.41, 5.74) is 4.59. The number of H-pyrrole nitrogens is 1. The van der Waals surface area contributed by atoms with Gasteiger partial charge in [0.05, 0.1) is 0 Å². The third kappa shape index (κ3) is 2.63. The van der Waals surface area contributed by atoms with Gasteiger partial charge in [-0.05, 0) is 44.5 Å². The van der Waals surface area contributed by atoms with Crippen molar-refractivity contribution in [2.24, 2.45) is 0 Å². The van der Waals surface area contributed by atoms with E-state index in [4.69, 9.17) is 0 Å². The molecule has 0 aliphatic carbocycles. The van der Waals surface area contributed by atoms with E-state index in [0.29, 0.717) is 17.1 Å². The number of nitrogens with zero attached hydrogens (tertiary/aromatic N) is 4. The maximum absolute atomic E-state index is 12.4. The molecule has 6 nitrogen and oxygen atoms in total. The van der Waals surface area contributed by atoms with Gasteiger partial charge in [-0.15, -0.1) is 0 Å². The minimum absolute atomic E-state index is 0.00427. The summed E-state index contributed by atoms with van der Waals surface area (Å²) in [4.78, 5) is 23.4. The number of aromatic amines is 1. The molecule has 1 N–H and O–H groups in total. The molecule has 1 aliphatic rings. The summed E-state index contributed by atoms with van der Waals surface area (Å²) in [7, 11) is 0. The Labute approximate surface area is 140 Å². The summed E-state index contributed by atoms with van der Waals surface area (Å²) in [6.45, 7) is 6.69. The van der Waals surface area contributed by atoms with E-state index in [1.807, 2.05) is 32.3 Å². The van der Waals surface area contributed by atoms with Crippen LogP contribution in [0.15, 0.2) is 35.4 Å². The first-order valence-corrected chi connectivity index (χ1v) is 8.32. The number of pyridine rings is 1. The van der Waals surface area contributed by atoms with Crippen molar-refractivity contribution >= 4 is 5.65 Å². The van der Waals surface area contributed by atoms with Crippen LogP contribution < -0.4 is 5.56 Å². The Balaban J connectivity index is 1.56. The number of aromatic nitrogens is 4. The standard InChI is InChI=1S/C18H21N5O/c1-12-13(2)20-17-9-16(21-23(17)18(12)24)15-5-8-22(11-15)10-14-3-6-19-7-4-14/h3-4,6-7,9,15,21H,5,8,10-11H2,1-2H3/t15-/m0/s1. The van der Waals surface area contributed by atoms with Gasteiger partial charge in [-0.1, -0.05) is 0 Å². The van der Waals surface area contributed by atoms with Gasteiger partial charge in [-0.25, -0.2) is 9.50 Å². The summed E-state index contributed by atoms with van der Waals surface area (Å²) < 4.78 is 1.57. The van der Waals surface area contributed by atoms with Gasteiger partial charge in [0, 0.05) is 54.4 Å². The second kappa shape index (κ2) is 5.87. The predicted octanol–water partition coefficient (Wildman–Crippen LogP) is 2.02. The van der Waals surface area contributed by atoms with E-state index in [9.17, 15) is 4.79 Å². The number of hydrogen-bond donors (Lipinski definition) is 1. The molecule has 6 heteroatoms. The first-order chi connectivity index (χ1) is 11.6. The fourth-order valence-corrected chi connectivity index (χ4v) is 3.42. The van der Waals surface area contributed by atoms with E-state index in [0.717, 1.165) is 37.4 Å². The molecular weight excluding hydrogens is 302 g/mol. The molecule has 1 aliphatic heterocycles. The highest BCUT2D eigenvalue weighted by molar-refractivity contribution is 5.42. The van der Waals surface area contributed by atoms with Crippen molar-refractivity contribution in [1.29, 1.82) is 0 Å². The van der Waals surface area contributed by atoms with Gasteiger partial charge in [0.15, 0.2) is 5.65 Å². The van der Waals surface area contributed by atoms with Crippen molar-refractivity contribution in [3.8, 4) is 0 Å². The second-order valence-corrected chi connectivity index (χ2v) is 6.61. The molecule has 4 rings (SSSR count). The van der Waals surface area contributed by atoms with Gasteiger partial charge in [0.25, 0.3) is 5.56 Å². The van der Waals surface area contributed by atoms with E-state index in [1.54, 1.807) is 4.52 Å². The quantitative estimate of drug-likeness (QED) is 0.801. The van der Waals surface area contributed by atoms with Crippen LogP contribution in [0.4, 0.5) is 0 Å². The SMILES string of the molecule is Cc1nc2cc([C@H]3CCN(Cc4ccncc4)C3)[nH]n2c(=O)c1C. The molecule has 0 unspecified atom stereocenters. The maximum atomic E-state index is 12.4. The van der Waals surface area contributed by atoms with Gasteiger partial charge < -0.3 is 0 Å². The van der Waals surface area contributed by atoms with Crippen molar-refractivity contribution in [3.63, 3.8) is 0 Å². The lowest BCUT2D eigenvalue weighted by molar-refractivity contribution is 0.326. The number of hydrogen-bond acceptors (Lipinski definition) is 4. The molecule has 1 atom stereocenters. The fraction of sp³-hybridized carbons (Fsp3) is 0.389. The number of likely N-dealkylation sites (tertiary alicyclic amines) is 1. The van der Waals surface area contributed by atoms with Crippen LogP contribution >= 0.6 is 0 Å². The first kappa shape index (κ1) is 15.1. The highest BCUT2D eigenvalue weighted by Crippen LogP contribution is 2.27. The number of aryl methyl sites for hydroxylation is 1. The molecule has 0 spiro atoms. The molecule has 3 aromatic heterocycles. The van der Waals surface area contributed by atoms with Crippen LogP contribution in [-0.4, -0.2) is 37.6 Å². The molecule has 24 heavy (non-hydrogen) atoms. The topological polar surface area (TPSA) is 66.3 Å². The molecular formula is C18H21N5O. The third-order valence-electron chi connectivity index (χ3n) is 4.97. The molecule has 4 heterocycles. The third-order valence-corrected chi connectivity index (χ3v) is 4.97. The molecule has 0 amide bonds. The average Bonchev–Trinajstić information content (AvgIpc) is 3.20. The Bertz CT molecular complexity index is 928. The van der Waals surface area contributed by atoms with E-state index in [1.165, 1.54) is 5.56 Å². The Morgan fingerprint density at radius 3 is 2.88 bits per heavy atom. The van der Waals surface area contributed by atoms with Crippen molar-refractivity contribution < 1.29 is 0 Å². The van der Waals surface area contributed by atoms with Crippen LogP contribution in [0, 0.1) is 13.8 Å². The average molecular weight is 323 g/mol. The van der Waals surface area contributed by atoms with Crippen LogP contribution in [0.3, 0.4) is 0 Å². The molecule has 0 saturated carbocycles. The zero-order valence-corrected chi connectivity index (χ0v) is 14.0. The lowest BCUT2D eigenvalue weighted by Gasteiger charge is -2.15. The Kier molecular flexibility index (Phi) is 3.69. The number of rotatable bonds is 3. The second-order valence-electron chi connectivity index (χ2n) is 6.61. The molecule has 124 valence electrons. The molecule has 0 bridgehead atoms.